The first-order valence-corrected chi connectivity index (χ1v) is 9.28. The topological polar surface area (TPSA) is 72.1 Å². The molecule has 1 fully saturated rings. The third kappa shape index (κ3) is 4.79. The maximum Gasteiger partial charge on any atom is 0.416 e. The highest BCUT2D eigenvalue weighted by atomic mass is 19.4. The van der Waals surface area contributed by atoms with Crippen LogP contribution < -0.4 is 5.73 Å². The average molecular weight is 392 g/mol. The summed E-state index contributed by atoms with van der Waals surface area (Å²) in [6.07, 6.45) is 0.242. The van der Waals surface area contributed by atoms with Gasteiger partial charge in [-0.05, 0) is 50.2 Å². The van der Waals surface area contributed by atoms with Gasteiger partial charge in [0.15, 0.2) is 0 Å². The number of likely N-dealkylation sites (tertiary alicyclic amines) is 1. The SMILES string of the molecule is Cc1nc(N)ncc1C(=O)N1CCC[C@@H](CCc2cccc(C(F)(F)F)c2)C1. The number of rotatable bonds is 4. The minimum absolute atomic E-state index is 0.124. The summed E-state index contributed by atoms with van der Waals surface area (Å²) in [5, 5.41) is 0. The minimum Gasteiger partial charge on any atom is -0.368 e. The lowest BCUT2D eigenvalue weighted by Gasteiger charge is -2.33. The molecule has 1 aliphatic heterocycles. The summed E-state index contributed by atoms with van der Waals surface area (Å²) >= 11 is 0. The molecular weight excluding hydrogens is 369 g/mol. The molecule has 0 bridgehead atoms. The van der Waals surface area contributed by atoms with Gasteiger partial charge in [0, 0.05) is 19.3 Å². The molecule has 2 aromatic rings. The normalized spacial score (nSPS) is 17.6. The third-order valence-electron chi connectivity index (χ3n) is 5.13. The van der Waals surface area contributed by atoms with E-state index in [4.69, 9.17) is 5.73 Å². The number of carbonyl (C=O) groups is 1. The molecule has 1 aliphatic rings. The van der Waals surface area contributed by atoms with Gasteiger partial charge in [0.2, 0.25) is 5.95 Å². The number of hydrogen-bond acceptors (Lipinski definition) is 4. The number of hydrogen-bond donors (Lipinski definition) is 1. The molecule has 0 radical (unpaired) electrons. The van der Waals surface area contributed by atoms with E-state index in [2.05, 4.69) is 9.97 Å². The van der Waals surface area contributed by atoms with Crippen molar-refractivity contribution in [1.82, 2.24) is 14.9 Å². The summed E-state index contributed by atoms with van der Waals surface area (Å²) in [6.45, 7) is 2.96. The van der Waals surface area contributed by atoms with Crippen LogP contribution in [0.5, 0.6) is 0 Å². The Balaban J connectivity index is 1.62. The Morgan fingerprint density at radius 1 is 1.36 bits per heavy atom. The summed E-state index contributed by atoms with van der Waals surface area (Å²) in [6, 6.07) is 5.46. The molecule has 1 aromatic heterocycles. The molecule has 2 N–H and O–H groups in total. The van der Waals surface area contributed by atoms with E-state index in [0.717, 1.165) is 25.3 Å². The van der Waals surface area contributed by atoms with Gasteiger partial charge in [0.05, 0.1) is 16.8 Å². The zero-order chi connectivity index (χ0) is 20.3. The number of benzene rings is 1. The Morgan fingerprint density at radius 2 is 2.14 bits per heavy atom. The van der Waals surface area contributed by atoms with E-state index < -0.39 is 11.7 Å². The van der Waals surface area contributed by atoms with Crippen LogP contribution in [0, 0.1) is 12.8 Å². The number of amides is 1. The second kappa shape index (κ2) is 8.16. The van der Waals surface area contributed by atoms with Crippen molar-refractivity contribution in [2.45, 2.75) is 38.8 Å². The van der Waals surface area contributed by atoms with Crippen molar-refractivity contribution in [3.63, 3.8) is 0 Å². The lowest BCUT2D eigenvalue weighted by atomic mass is 9.91. The molecule has 150 valence electrons. The summed E-state index contributed by atoms with van der Waals surface area (Å²) < 4.78 is 38.6. The number of nitrogens with zero attached hydrogens (tertiary/aromatic N) is 3. The van der Waals surface area contributed by atoms with Gasteiger partial charge < -0.3 is 10.6 Å². The van der Waals surface area contributed by atoms with E-state index in [1.165, 1.54) is 18.3 Å². The zero-order valence-electron chi connectivity index (χ0n) is 15.7. The molecule has 1 saturated heterocycles. The van der Waals surface area contributed by atoms with E-state index in [1.807, 2.05) is 0 Å². The van der Waals surface area contributed by atoms with E-state index in [0.29, 0.717) is 36.3 Å². The fourth-order valence-electron chi connectivity index (χ4n) is 3.62. The highest BCUT2D eigenvalue weighted by molar-refractivity contribution is 5.95. The molecule has 8 heteroatoms. The average Bonchev–Trinajstić information content (AvgIpc) is 2.66. The lowest BCUT2D eigenvalue weighted by Crippen LogP contribution is -2.40. The van der Waals surface area contributed by atoms with Crippen LogP contribution in [0.15, 0.2) is 30.5 Å². The Morgan fingerprint density at radius 3 is 2.86 bits per heavy atom. The number of halogens is 3. The first kappa shape index (κ1) is 20.1. The van der Waals surface area contributed by atoms with Crippen molar-refractivity contribution in [3.05, 3.63) is 52.8 Å². The van der Waals surface area contributed by atoms with Gasteiger partial charge in [-0.25, -0.2) is 9.97 Å². The molecule has 2 heterocycles. The van der Waals surface area contributed by atoms with Gasteiger partial charge in [-0.1, -0.05) is 18.2 Å². The molecule has 28 heavy (non-hydrogen) atoms. The molecule has 3 rings (SSSR count). The second-order valence-corrected chi connectivity index (χ2v) is 7.22. The number of aromatic nitrogens is 2. The zero-order valence-corrected chi connectivity index (χ0v) is 15.7. The summed E-state index contributed by atoms with van der Waals surface area (Å²) in [5.74, 6) is 0.259. The Bertz CT molecular complexity index is 854. The number of aryl methyl sites for hydroxylation is 2. The molecule has 0 unspecified atom stereocenters. The Kier molecular flexibility index (Phi) is 5.86. The molecule has 1 atom stereocenters. The predicted molar refractivity (Wildman–Crippen MR) is 99.6 cm³/mol. The van der Waals surface area contributed by atoms with Crippen LogP contribution >= 0.6 is 0 Å². The van der Waals surface area contributed by atoms with E-state index in [-0.39, 0.29) is 17.8 Å². The molecular formula is C20H23F3N4O. The predicted octanol–water partition coefficient (Wildman–Crippen LogP) is 3.87. The van der Waals surface area contributed by atoms with Crippen LogP contribution in [-0.2, 0) is 12.6 Å². The van der Waals surface area contributed by atoms with Gasteiger partial charge in [-0.3, -0.25) is 4.79 Å². The van der Waals surface area contributed by atoms with Crippen LogP contribution in [0.25, 0.3) is 0 Å². The summed E-state index contributed by atoms with van der Waals surface area (Å²) in [5.41, 5.74) is 6.57. The minimum atomic E-state index is -4.33. The van der Waals surface area contributed by atoms with Crippen molar-refractivity contribution in [3.8, 4) is 0 Å². The molecule has 0 saturated carbocycles. The maximum absolute atomic E-state index is 12.9. The highest BCUT2D eigenvalue weighted by Crippen LogP contribution is 2.30. The van der Waals surface area contributed by atoms with Crippen molar-refractivity contribution < 1.29 is 18.0 Å². The first-order chi connectivity index (χ1) is 13.2. The first-order valence-electron chi connectivity index (χ1n) is 9.28. The van der Waals surface area contributed by atoms with Gasteiger partial charge in [-0.15, -0.1) is 0 Å². The summed E-state index contributed by atoms with van der Waals surface area (Å²) in [7, 11) is 0. The maximum atomic E-state index is 12.9. The van der Waals surface area contributed by atoms with Crippen LogP contribution in [0.3, 0.4) is 0 Å². The largest absolute Gasteiger partial charge is 0.416 e. The van der Waals surface area contributed by atoms with Gasteiger partial charge >= 0.3 is 6.18 Å². The molecule has 5 nitrogen and oxygen atoms in total. The van der Waals surface area contributed by atoms with E-state index >= 15 is 0 Å². The fraction of sp³-hybridized carbons (Fsp3) is 0.450. The van der Waals surface area contributed by atoms with Crippen LogP contribution in [0.4, 0.5) is 19.1 Å². The third-order valence-corrected chi connectivity index (χ3v) is 5.13. The number of piperidine rings is 1. The highest BCUT2D eigenvalue weighted by Gasteiger charge is 2.30. The Hall–Kier alpha value is -2.64. The number of nitrogens with two attached hydrogens (primary N) is 1. The van der Waals surface area contributed by atoms with E-state index in [9.17, 15) is 18.0 Å². The molecule has 1 aromatic carbocycles. The van der Waals surface area contributed by atoms with Crippen molar-refractivity contribution in [2.24, 2.45) is 5.92 Å². The van der Waals surface area contributed by atoms with Crippen molar-refractivity contribution in [1.29, 1.82) is 0 Å². The molecule has 1 amide bonds. The summed E-state index contributed by atoms with van der Waals surface area (Å²) in [4.78, 5) is 22.5. The van der Waals surface area contributed by atoms with Gasteiger partial charge in [0.1, 0.15) is 0 Å². The van der Waals surface area contributed by atoms with Crippen LogP contribution in [0.2, 0.25) is 0 Å². The number of alkyl halides is 3. The second-order valence-electron chi connectivity index (χ2n) is 7.22. The number of nitrogen functional groups attached to an aromatic ring is 1. The quantitative estimate of drug-likeness (QED) is 0.857. The standard InChI is InChI=1S/C20H23F3N4O/c1-13-17(11-25-19(24)26-13)18(28)27-9-3-5-15(12-27)8-7-14-4-2-6-16(10-14)20(21,22)23/h2,4,6,10-11,15H,3,5,7-9,12H2,1H3,(H2,24,25,26)/t15-/m0/s1. The fourth-order valence-corrected chi connectivity index (χ4v) is 3.62. The van der Waals surface area contributed by atoms with Crippen LogP contribution in [0.1, 0.15) is 46.4 Å². The van der Waals surface area contributed by atoms with E-state index in [1.54, 1.807) is 17.9 Å². The molecule has 0 spiro atoms. The lowest BCUT2D eigenvalue weighted by molar-refractivity contribution is -0.137. The smallest absolute Gasteiger partial charge is 0.368 e. The van der Waals surface area contributed by atoms with Gasteiger partial charge in [-0.2, -0.15) is 13.2 Å². The number of anilines is 1. The van der Waals surface area contributed by atoms with Crippen molar-refractivity contribution >= 4 is 11.9 Å². The van der Waals surface area contributed by atoms with Crippen LogP contribution in [-0.4, -0.2) is 33.9 Å². The van der Waals surface area contributed by atoms with Crippen molar-refractivity contribution in [2.75, 3.05) is 18.8 Å². The monoisotopic (exact) mass is 392 g/mol. The van der Waals surface area contributed by atoms with Gasteiger partial charge in [0.25, 0.3) is 5.91 Å². The molecule has 0 aliphatic carbocycles. The number of carbonyl (C=O) groups excluding carboxylic acids is 1. The Labute approximate surface area is 161 Å².